The third-order valence-corrected chi connectivity index (χ3v) is 6.57. The van der Waals surface area contributed by atoms with Crippen LogP contribution in [0.2, 0.25) is 0 Å². The molecule has 5 N–H and O–H groups in total. The molecule has 2 aromatic rings. The molecule has 4 nitrogen and oxygen atoms in total. The number of anilines is 3. The van der Waals surface area contributed by atoms with Crippen molar-refractivity contribution in [2.45, 2.75) is 70.8 Å². The number of halogens is 1. The number of benzene rings is 2. The van der Waals surface area contributed by atoms with Gasteiger partial charge < -0.3 is 21.7 Å². The highest BCUT2D eigenvalue weighted by Crippen LogP contribution is 2.39. The van der Waals surface area contributed by atoms with Crippen LogP contribution < -0.4 is 21.7 Å². The lowest BCUT2D eigenvalue weighted by Gasteiger charge is -2.38. The van der Waals surface area contributed by atoms with Gasteiger partial charge in [-0.2, -0.15) is 0 Å². The maximum Gasteiger partial charge on any atom is 0.146 e. The molecule has 200 valence electrons. The van der Waals surface area contributed by atoms with Crippen LogP contribution in [0.15, 0.2) is 62.2 Å². The SMILES string of the molecule is C=C.C=CCCc1ccc(N(CC2CC2)C2CCCCC2)c(Nc2ccc(C)cc2F)c1.CN.CN. The molecule has 0 atom stereocenters. The Hall–Kier alpha value is -2.63. The van der Waals surface area contributed by atoms with Crippen molar-refractivity contribution in [2.75, 3.05) is 30.9 Å². The summed E-state index contributed by atoms with van der Waals surface area (Å²) >= 11 is 0. The Morgan fingerprint density at radius 3 is 2.19 bits per heavy atom. The van der Waals surface area contributed by atoms with Crippen molar-refractivity contribution in [1.82, 2.24) is 0 Å². The predicted octanol–water partition coefficient (Wildman–Crippen LogP) is 7.50. The Kier molecular flexibility index (Phi) is 15.5. The maximum atomic E-state index is 14.7. The molecule has 2 fully saturated rings. The lowest BCUT2D eigenvalue weighted by Crippen LogP contribution is -2.38. The molecule has 0 amide bonds. The number of nitrogens with zero attached hydrogens (tertiary/aromatic N) is 1. The molecule has 0 aromatic heterocycles. The van der Waals surface area contributed by atoms with Crippen LogP contribution >= 0.6 is 0 Å². The summed E-state index contributed by atoms with van der Waals surface area (Å²) in [5.41, 5.74) is 14.0. The van der Waals surface area contributed by atoms with Crippen LogP contribution in [0.1, 0.15) is 62.5 Å². The van der Waals surface area contributed by atoms with E-state index in [1.807, 2.05) is 25.1 Å². The van der Waals surface area contributed by atoms with Gasteiger partial charge in [0.1, 0.15) is 5.82 Å². The standard InChI is InChI=1S/C27H35FN2.C2H4.2CH5N/c1-3-4-8-21-14-16-27(26(18-21)29-25-15-11-20(2)17-24(25)28)30(19-22-12-13-22)23-9-6-5-7-10-23;3*1-2/h3,11,14-18,22-23,29H,1,4-10,12-13,19H2,2H3;1-2H2;2*2H2,1H3. The molecule has 0 unspecified atom stereocenters. The summed E-state index contributed by atoms with van der Waals surface area (Å²) in [5.74, 6) is 0.625. The van der Waals surface area contributed by atoms with E-state index in [0.717, 1.165) is 36.6 Å². The van der Waals surface area contributed by atoms with Gasteiger partial charge in [-0.1, -0.05) is 37.5 Å². The first kappa shape index (κ1) is 31.4. The number of nitrogens with two attached hydrogens (primary N) is 2. The molecule has 0 bridgehead atoms. The van der Waals surface area contributed by atoms with Crippen molar-refractivity contribution in [3.05, 3.63) is 79.2 Å². The number of nitrogens with one attached hydrogen (secondary N) is 1. The fourth-order valence-corrected chi connectivity index (χ4v) is 4.64. The molecule has 0 saturated heterocycles. The average Bonchev–Trinajstić information content (AvgIpc) is 3.76. The van der Waals surface area contributed by atoms with E-state index in [1.165, 1.54) is 70.3 Å². The Morgan fingerprint density at radius 1 is 0.944 bits per heavy atom. The van der Waals surface area contributed by atoms with Crippen molar-refractivity contribution in [1.29, 1.82) is 0 Å². The van der Waals surface area contributed by atoms with Gasteiger partial charge in [0.25, 0.3) is 0 Å². The molecule has 4 rings (SSSR count). The third-order valence-electron chi connectivity index (χ3n) is 6.57. The number of aryl methyl sites for hydroxylation is 2. The Bertz CT molecular complexity index is 888. The van der Waals surface area contributed by atoms with Crippen LogP contribution in [-0.4, -0.2) is 26.7 Å². The fourth-order valence-electron chi connectivity index (χ4n) is 4.64. The first-order valence-corrected chi connectivity index (χ1v) is 13.3. The van der Waals surface area contributed by atoms with Gasteiger partial charge in [-0.15, -0.1) is 19.7 Å². The molecule has 2 aromatic carbocycles. The minimum atomic E-state index is -0.191. The van der Waals surface area contributed by atoms with Gasteiger partial charge >= 0.3 is 0 Å². The van der Waals surface area contributed by atoms with E-state index in [-0.39, 0.29) is 5.82 Å². The molecule has 36 heavy (non-hydrogen) atoms. The molecule has 0 heterocycles. The summed E-state index contributed by atoms with van der Waals surface area (Å²) in [6.07, 6.45) is 13.1. The van der Waals surface area contributed by atoms with E-state index in [1.54, 1.807) is 6.07 Å². The quantitative estimate of drug-likeness (QED) is 0.314. The van der Waals surface area contributed by atoms with Crippen LogP contribution in [0.5, 0.6) is 0 Å². The topological polar surface area (TPSA) is 67.3 Å². The fraction of sp³-hybridized carbons (Fsp3) is 0.484. The van der Waals surface area contributed by atoms with Crippen LogP contribution in [0.3, 0.4) is 0 Å². The van der Waals surface area contributed by atoms with Crippen molar-refractivity contribution in [2.24, 2.45) is 17.4 Å². The molecule has 0 radical (unpaired) electrons. The van der Waals surface area contributed by atoms with Crippen molar-refractivity contribution in [3.63, 3.8) is 0 Å². The third kappa shape index (κ3) is 9.79. The number of hydrogen-bond acceptors (Lipinski definition) is 4. The molecule has 2 aliphatic rings. The smallest absolute Gasteiger partial charge is 0.146 e. The Labute approximate surface area is 219 Å². The van der Waals surface area contributed by atoms with Crippen LogP contribution in [0, 0.1) is 18.7 Å². The van der Waals surface area contributed by atoms with E-state index in [0.29, 0.717) is 11.7 Å². The van der Waals surface area contributed by atoms with Gasteiger partial charge in [0.05, 0.1) is 17.1 Å². The molecule has 0 aliphatic heterocycles. The van der Waals surface area contributed by atoms with Crippen molar-refractivity contribution >= 4 is 17.1 Å². The van der Waals surface area contributed by atoms with Gasteiger partial charge in [-0.3, -0.25) is 0 Å². The normalized spacial score (nSPS) is 14.6. The Balaban J connectivity index is 0.00000101. The summed E-state index contributed by atoms with van der Waals surface area (Å²) in [4.78, 5) is 2.64. The molecule has 2 aliphatic carbocycles. The molecular formula is C31H49FN4. The average molecular weight is 497 g/mol. The predicted molar refractivity (Wildman–Crippen MR) is 158 cm³/mol. The van der Waals surface area contributed by atoms with E-state index >= 15 is 0 Å². The van der Waals surface area contributed by atoms with Gasteiger partial charge in [0.2, 0.25) is 0 Å². The van der Waals surface area contributed by atoms with E-state index in [9.17, 15) is 4.39 Å². The summed E-state index contributed by atoms with van der Waals surface area (Å²) in [5, 5.41) is 3.46. The number of allylic oxidation sites excluding steroid dienone is 1. The van der Waals surface area contributed by atoms with Gasteiger partial charge in [-0.25, -0.2) is 4.39 Å². The first-order valence-electron chi connectivity index (χ1n) is 13.3. The summed E-state index contributed by atoms with van der Waals surface area (Å²) in [7, 11) is 3.00. The lowest BCUT2D eigenvalue weighted by atomic mass is 9.93. The molecule has 0 spiro atoms. The number of rotatable bonds is 9. The lowest BCUT2D eigenvalue weighted by molar-refractivity contribution is 0.410. The molecule has 5 heteroatoms. The molecule has 2 saturated carbocycles. The van der Waals surface area contributed by atoms with Crippen LogP contribution in [-0.2, 0) is 6.42 Å². The van der Waals surface area contributed by atoms with E-state index in [2.05, 4.69) is 59.6 Å². The minimum Gasteiger partial charge on any atom is -0.367 e. The van der Waals surface area contributed by atoms with Crippen molar-refractivity contribution < 1.29 is 4.39 Å². The number of hydrogen-bond donors (Lipinski definition) is 3. The molecular weight excluding hydrogens is 447 g/mol. The Morgan fingerprint density at radius 2 is 1.61 bits per heavy atom. The highest BCUT2D eigenvalue weighted by molar-refractivity contribution is 5.77. The zero-order valence-electron chi connectivity index (χ0n) is 22.9. The zero-order valence-corrected chi connectivity index (χ0v) is 22.9. The largest absolute Gasteiger partial charge is 0.367 e. The van der Waals surface area contributed by atoms with Crippen LogP contribution in [0.4, 0.5) is 21.5 Å². The van der Waals surface area contributed by atoms with Gasteiger partial charge in [-0.05, 0) is 101 Å². The monoisotopic (exact) mass is 496 g/mol. The zero-order chi connectivity index (χ0) is 26.9. The second kappa shape index (κ2) is 17.7. The highest BCUT2D eigenvalue weighted by atomic mass is 19.1. The van der Waals surface area contributed by atoms with Crippen LogP contribution in [0.25, 0.3) is 0 Å². The van der Waals surface area contributed by atoms with Crippen molar-refractivity contribution in [3.8, 4) is 0 Å². The first-order chi connectivity index (χ1) is 17.6. The maximum absolute atomic E-state index is 14.7. The van der Waals surface area contributed by atoms with E-state index < -0.39 is 0 Å². The second-order valence-corrected chi connectivity index (χ2v) is 9.17. The highest BCUT2D eigenvalue weighted by Gasteiger charge is 2.30. The summed E-state index contributed by atoms with van der Waals surface area (Å²) < 4.78 is 14.7. The van der Waals surface area contributed by atoms with Gasteiger partial charge in [0, 0.05) is 12.6 Å². The van der Waals surface area contributed by atoms with Gasteiger partial charge in [0.15, 0.2) is 0 Å². The second-order valence-electron chi connectivity index (χ2n) is 9.17. The summed E-state index contributed by atoms with van der Waals surface area (Å²) in [6.45, 7) is 12.9. The van der Waals surface area contributed by atoms with E-state index in [4.69, 9.17) is 0 Å². The minimum absolute atomic E-state index is 0.191. The summed E-state index contributed by atoms with van der Waals surface area (Å²) in [6, 6.07) is 12.8.